The van der Waals surface area contributed by atoms with Crippen molar-refractivity contribution >= 4 is 52.1 Å². The van der Waals surface area contributed by atoms with Crippen molar-refractivity contribution < 1.29 is 75.2 Å². The molecule has 328 valence electrons. The van der Waals surface area contributed by atoms with Crippen LogP contribution < -0.4 is 28.6 Å². The molecule has 3 aliphatic rings. The zero-order chi connectivity index (χ0) is 43.1. The van der Waals surface area contributed by atoms with Crippen LogP contribution in [0.2, 0.25) is 0 Å². The molecule has 4 aromatic heterocycles. The van der Waals surface area contributed by atoms with Crippen LogP contribution in [-0.4, -0.2) is 120 Å². The van der Waals surface area contributed by atoms with Gasteiger partial charge >= 0.3 is 34.8 Å². The number of hydrogen-bond acceptors (Lipinski definition) is 22. The molecule has 7 rings (SSSR count). The minimum Gasteiger partial charge on any atom is -0.390 e. The number of phosphoric ester groups is 3. The summed E-state index contributed by atoms with van der Waals surface area (Å²) in [7, 11) is -15.3. The van der Waals surface area contributed by atoms with Crippen LogP contribution >= 0.6 is 23.5 Å². The van der Waals surface area contributed by atoms with Crippen LogP contribution in [0, 0.1) is 0 Å². The molecule has 11 unspecified atom stereocenters. The fraction of sp³-hybridized carbons (Fsp3) is 0.536. The zero-order valence-electron chi connectivity index (χ0n) is 30.6. The van der Waals surface area contributed by atoms with Gasteiger partial charge in [-0.2, -0.15) is 9.97 Å². The first-order chi connectivity index (χ1) is 28.2. The van der Waals surface area contributed by atoms with Crippen LogP contribution in [0.15, 0.2) is 46.8 Å². The van der Waals surface area contributed by atoms with Gasteiger partial charge in [-0.15, -0.1) is 0 Å². The van der Waals surface area contributed by atoms with Gasteiger partial charge in [0, 0.05) is 31.7 Å². The third-order valence-electron chi connectivity index (χ3n) is 9.33. The van der Waals surface area contributed by atoms with Crippen LogP contribution in [0.1, 0.15) is 37.9 Å². The van der Waals surface area contributed by atoms with Gasteiger partial charge in [0.15, 0.2) is 11.5 Å². The van der Waals surface area contributed by atoms with Crippen LogP contribution in [-0.2, 0) is 50.5 Å². The molecule has 0 radical (unpaired) electrons. The number of nitrogens with zero attached hydrogens (tertiary/aromatic N) is 8. The molecule has 60 heavy (non-hydrogen) atoms. The van der Waals surface area contributed by atoms with E-state index in [0.29, 0.717) is 0 Å². The molecule has 3 fully saturated rings. The van der Waals surface area contributed by atoms with Gasteiger partial charge in [0.2, 0.25) is 0 Å². The van der Waals surface area contributed by atoms with E-state index >= 15 is 0 Å². The van der Waals surface area contributed by atoms with Crippen molar-refractivity contribution in [3.63, 3.8) is 0 Å². The number of rotatable bonds is 16. The van der Waals surface area contributed by atoms with E-state index in [1.165, 1.54) is 35.4 Å². The number of aliphatic hydroxyl groups is 1. The summed E-state index contributed by atoms with van der Waals surface area (Å²) in [5, 5.41) is 10.6. The molecule has 7 heterocycles. The first kappa shape index (κ1) is 44.0. The Morgan fingerprint density at radius 3 is 1.70 bits per heavy atom. The second-order valence-corrected chi connectivity index (χ2v) is 17.5. The molecule has 11 atom stereocenters. The maximum absolute atomic E-state index is 13.4. The molecule has 0 saturated carbocycles. The molecular weight excluding hydrogens is 871 g/mol. The van der Waals surface area contributed by atoms with Crippen molar-refractivity contribution in [2.45, 2.75) is 74.6 Å². The van der Waals surface area contributed by atoms with E-state index in [1.807, 2.05) is 0 Å². The average Bonchev–Trinajstić information content (AvgIpc) is 3.94. The summed E-state index contributed by atoms with van der Waals surface area (Å²) >= 11 is 0. The normalized spacial score (nSPS) is 29.2. The minimum atomic E-state index is -5.20. The summed E-state index contributed by atoms with van der Waals surface area (Å²) in [5.74, 6) is -0.112. The number of phosphoric acid groups is 3. The molecule has 0 aliphatic carbocycles. The SMILES string of the molecule is Nc1ccn(C2CC(O)C(COP(=O)(O)OC3CC(n4cnc5c(N)ncnc54)OC3COP(=O)(O)OC3CC(n4ccc(N)nc4=O)OC3COP(=O)(O)O)O2)c(=O)n1. The lowest BCUT2D eigenvalue weighted by molar-refractivity contribution is -0.0607. The van der Waals surface area contributed by atoms with E-state index < -0.39 is 110 Å². The van der Waals surface area contributed by atoms with E-state index in [2.05, 4.69) is 29.4 Å². The summed E-state index contributed by atoms with van der Waals surface area (Å²) in [6, 6.07) is 2.61. The molecule has 29 nitrogen and oxygen atoms in total. The van der Waals surface area contributed by atoms with E-state index in [-0.39, 0.29) is 47.9 Å². The molecule has 0 spiro atoms. The van der Waals surface area contributed by atoms with Gasteiger partial charge in [0.05, 0.1) is 32.3 Å². The Hall–Kier alpha value is -4.12. The van der Waals surface area contributed by atoms with Crippen LogP contribution in [0.25, 0.3) is 11.2 Å². The second-order valence-electron chi connectivity index (χ2n) is 13.4. The molecule has 4 aromatic rings. The third kappa shape index (κ3) is 10.3. The summed E-state index contributed by atoms with van der Waals surface area (Å²) in [4.78, 5) is 84.4. The van der Waals surface area contributed by atoms with E-state index in [1.54, 1.807) is 0 Å². The molecule has 0 bridgehead atoms. The van der Waals surface area contributed by atoms with E-state index in [9.17, 15) is 48.0 Å². The monoisotopic (exact) mass is 909 g/mol. The Kier molecular flexibility index (Phi) is 12.7. The lowest BCUT2D eigenvalue weighted by Gasteiger charge is -2.24. The van der Waals surface area contributed by atoms with Gasteiger partial charge in [-0.1, -0.05) is 0 Å². The highest BCUT2D eigenvalue weighted by molar-refractivity contribution is 7.47. The zero-order valence-corrected chi connectivity index (χ0v) is 33.3. The summed E-state index contributed by atoms with van der Waals surface area (Å²) in [5.41, 5.74) is 15.8. The Bertz CT molecular complexity index is 2470. The largest absolute Gasteiger partial charge is 0.472 e. The fourth-order valence-electron chi connectivity index (χ4n) is 6.58. The number of anilines is 3. The molecule has 3 aliphatic heterocycles. The van der Waals surface area contributed by atoms with Gasteiger partial charge in [-0.3, -0.25) is 36.3 Å². The van der Waals surface area contributed by atoms with Crippen molar-refractivity contribution in [2.24, 2.45) is 0 Å². The van der Waals surface area contributed by atoms with Crippen molar-refractivity contribution in [3.05, 3.63) is 58.1 Å². The number of fused-ring (bicyclic) bond motifs is 1. The van der Waals surface area contributed by atoms with Crippen molar-refractivity contribution in [2.75, 3.05) is 37.0 Å². The summed E-state index contributed by atoms with van der Waals surface area (Å²) in [6.07, 6.45) is -7.26. The third-order valence-corrected chi connectivity index (χ3v) is 11.8. The van der Waals surface area contributed by atoms with Gasteiger partial charge < -0.3 is 56.1 Å². The quantitative estimate of drug-likeness (QED) is 0.0588. The predicted octanol–water partition coefficient (Wildman–Crippen LogP) is -1.58. The number of hydrogen-bond donors (Lipinski definition) is 8. The second kappa shape index (κ2) is 17.3. The smallest absolute Gasteiger partial charge is 0.390 e. The van der Waals surface area contributed by atoms with Gasteiger partial charge in [-0.25, -0.2) is 38.2 Å². The van der Waals surface area contributed by atoms with Crippen LogP contribution in [0.3, 0.4) is 0 Å². The number of ether oxygens (including phenoxy) is 3. The number of imidazole rings is 1. The number of aromatic nitrogens is 8. The topological polar surface area (TPSA) is 418 Å². The fourth-order valence-corrected chi connectivity index (χ4v) is 8.84. The highest BCUT2D eigenvalue weighted by Gasteiger charge is 2.47. The molecule has 11 N–H and O–H groups in total. The minimum absolute atomic E-state index is 0.0345. The van der Waals surface area contributed by atoms with Crippen molar-refractivity contribution in [1.82, 2.24) is 38.6 Å². The lowest BCUT2D eigenvalue weighted by Crippen LogP contribution is -2.31. The first-order valence-electron chi connectivity index (χ1n) is 17.5. The Morgan fingerprint density at radius 2 is 1.17 bits per heavy atom. The Morgan fingerprint density at radius 1 is 0.683 bits per heavy atom. The van der Waals surface area contributed by atoms with Gasteiger partial charge in [-0.05, 0) is 12.1 Å². The molecular formula is C28H38N11O18P3. The van der Waals surface area contributed by atoms with Gasteiger partial charge in [0.25, 0.3) is 0 Å². The van der Waals surface area contributed by atoms with Crippen molar-refractivity contribution in [3.8, 4) is 0 Å². The average molecular weight is 910 g/mol. The van der Waals surface area contributed by atoms with Crippen LogP contribution in [0.5, 0.6) is 0 Å². The predicted molar refractivity (Wildman–Crippen MR) is 196 cm³/mol. The summed E-state index contributed by atoms with van der Waals surface area (Å²) in [6.45, 7) is -2.40. The van der Waals surface area contributed by atoms with E-state index in [0.717, 1.165) is 15.5 Å². The summed E-state index contributed by atoms with van der Waals surface area (Å²) < 4.78 is 84.9. The highest BCUT2D eigenvalue weighted by Crippen LogP contribution is 2.52. The number of aliphatic hydroxyl groups excluding tert-OH is 1. The van der Waals surface area contributed by atoms with Gasteiger partial charge in [0.1, 0.15) is 72.7 Å². The number of nitrogen functional groups attached to an aromatic ring is 3. The molecule has 0 aromatic carbocycles. The first-order valence-corrected chi connectivity index (χ1v) is 22.0. The molecule has 32 heteroatoms. The standard InChI is InChI=1S/C28H38N11O18P3/c29-19-1-3-37(27(41)35-19)21-5-13(40)16(53-21)8-51-59(46,47)57-15-7-23(39-12-34-24-25(31)32-11-33-26(24)39)55-18(15)10-52-60(48,49)56-14-6-22(38-4-2-20(30)36-28(38)42)54-17(14)9-50-58(43,44)45/h1-4,11-18,21-23,40H,5-10H2,(H,46,47)(H,48,49)(H2,29,35,41)(H2,30,36,42)(H2,31,32,33)(H2,43,44,45). The molecule has 3 saturated heterocycles. The highest BCUT2D eigenvalue weighted by atomic mass is 31.2. The number of nitrogens with two attached hydrogens (primary N) is 3. The maximum Gasteiger partial charge on any atom is 0.472 e. The van der Waals surface area contributed by atoms with Crippen LogP contribution in [0.4, 0.5) is 17.5 Å². The van der Waals surface area contributed by atoms with E-state index in [4.69, 9.17) is 49.5 Å². The Labute approximate surface area is 335 Å². The lowest BCUT2D eigenvalue weighted by atomic mass is 10.2. The maximum atomic E-state index is 13.4. The van der Waals surface area contributed by atoms with Crippen molar-refractivity contribution in [1.29, 1.82) is 0 Å². The Balaban J connectivity index is 1.05. The molecule has 0 amide bonds.